The molecule has 2 aromatic carbocycles. The second-order valence-corrected chi connectivity index (χ2v) is 7.36. The summed E-state index contributed by atoms with van der Waals surface area (Å²) in [5.41, 5.74) is 3.44. The second-order valence-electron chi connectivity index (χ2n) is 5.86. The molecule has 154 valence electrons. The van der Waals surface area contributed by atoms with Crippen LogP contribution in [0.3, 0.4) is 0 Å². The van der Waals surface area contributed by atoms with Gasteiger partial charge in [0.05, 0.1) is 19.7 Å². The van der Waals surface area contributed by atoms with E-state index >= 15 is 0 Å². The van der Waals surface area contributed by atoms with Crippen molar-refractivity contribution in [3.63, 3.8) is 0 Å². The molecule has 3 rings (SSSR count). The van der Waals surface area contributed by atoms with Crippen molar-refractivity contribution in [1.82, 2.24) is 15.6 Å². The lowest BCUT2D eigenvalue weighted by Gasteiger charge is -2.03. The highest BCUT2D eigenvalue weighted by molar-refractivity contribution is 7.15. The van der Waals surface area contributed by atoms with Crippen LogP contribution in [0, 0.1) is 0 Å². The van der Waals surface area contributed by atoms with Crippen molar-refractivity contribution in [2.24, 2.45) is 5.10 Å². The molecule has 3 aromatic rings. The van der Waals surface area contributed by atoms with Gasteiger partial charge in [-0.15, -0.1) is 10.2 Å². The first-order valence-corrected chi connectivity index (χ1v) is 9.72. The first-order valence-electron chi connectivity index (χ1n) is 8.53. The highest BCUT2D eigenvalue weighted by Gasteiger charge is 2.12. The number of ether oxygens (including phenoxy) is 1. The molecular formula is C19H16ClN5O4S. The molecule has 0 atom stereocenters. The van der Waals surface area contributed by atoms with Gasteiger partial charge in [0, 0.05) is 10.6 Å². The predicted molar refractivity (Wildman–Crippen MR) is 113 cm³/mol. The van der Waals surface area contributed by atoms with Crippen molar-refractivity contribution in [2.45, 2.75) is 6.42 Å². The van der Waals surface area contributed by atoms with Crippen LogP contribution < -0.4 is 15.5 Å². The number of methoxy groups -OCH3 is 1. The number of phenols is 1. The molecule has 0 aliphatic rings. The molecule has 11 heteroatoms. The van der Waals surface area contributed by atoms with Gasteiger partial charge in [0.1, 0.15) is 5.01 Å². The van der Waals surface area contributed by atoms with Gasteiger partial charge < -0.3 is 9.84 Å². The summed E-state index contributed by atoms with van der Waals surface area (Å²) in [5.74, 6) is -0.447. The molecule has 0 spiro atoms. The van der Waals surface area contributed by atoms with E-state index in [2.05, 4.69) is 26.0 Å². The molecule has 0 fully saturated rings. The Kier molecular flexibility index (Phi) is 6.94. The molecule has 0 radical (unpaired) electrons. The highest BCUT2D eigenvalue weighted by Crippen LogP contribution is 2.25. The smallest absolute Gasteiger partial charge is 0.257 e. The number of carbonyl (C=O) groups is 2. The maximum absolute atomic E-state index is 12.2. The summed E-state index contributed by atoms with van der Waals surface area (Å²) >= 11 is 6.89. The SMILES string of the molecule is COc1cc(/C=N\NC(=O)Cc2nnc(NC(=O)c3ccc(Cl)cc3)s2)ccc1O. The summed E-state index contributed by atoms with van der Waals surface area (Å²) < 4.78 is 5.01. The Balaban J connectivity index is 1.52. The van der Waals surface area contributed by atoms with Crippen LogP contribution in [0.5, 0.6) is 11.5 Å². The Morgan fingerprint density at radius 3 is 2.73 bits per heavy atom. The Morgan fingerprint density at radius 2 is 2.00 bits per heavy atom. The Morgan fingerprint density at radius 1 is 1.23 bits per heavy atom. The first-order chi connectivity index (χ1) is 14.4. The zero-order valence-electron chi connectivity index (χ0n) is 15.6. The van der Waals surface area contributed by atoms with E-state index in [9.17, 15) is 14.7 Å². The van der Waals surface area contributed by atoms with E-state index in [-0.39, 0.29) is 23.2 Å². The number of nitrogens with one attached hydrogen (secondary N) is 2. The van der Waals surface area contributed by atoms with E-state index in [0.29, 0.717) is 26.9 Å². The second kappa shape index (κ2) is 9.81. The lowest BCUT2D eigenvalue weighted by Crippen LogP contribution is -2.19. The van der Waals surface area contributed by atoms with E-state index in [4.69, 9.17) is 16.3 Å². The number of nitrogens with zero attached hydrogens (tertiary/aromatic N) is 3. The van der Waals surface area contributed by atoms with Crippen molar-refractivity contribution in [2.75, 3.05) is 12.4 Å². The molecule has 30 heavy (non-hydrogen) atoms. The van der Waals surface area contributed by atoms with E-state index in [1.54, 1.807) is 36.4 Å². The quantitative estimate of drug-likeness (QED) is 0.379. The van der Waals surface area contributed by atoms with Crippen LogP contribution in [0.15, 0.2) is 47.6 Å². The van der Waals surface area contributed by atoms with Crippen LogP contribution in [-0.4, -0.2) is 40.4 Å². The van der Waals surface area contributed by atoms with Gasteiger partial charge in [0.15, 0.2) is 11.5 Å². The van der Waals surface area contributed by atoms with Crippen molar-refractivity contribution in [3.8, 4) is 11.5 Å². The van der Waals surface area contributed by atoms with Gasteiger partial charge in [0.2, 0.25) is 11.0 Å². The zero-order valence-corrected chi connectivity index (χ0v) is 17.2. The minimum Gasteiger partial charge on any atom is -0.504 e. The molecule has 0 bridgehead atoms. The summed E-state index contributed by atoms with van der Waals surface area (Å²) in [4.78, 5) is 24.2. The summed E-state index contributed by atoms with van der Waals surface area (Å²) in [5, 5.41) is 25.0. The number of benzene rings is 2. The number of amides is 2. The molecule has 0 saturated carbocycles. The number of carbonyl (C=O) groups excluding carboxylic acids is 2. The number of hydrogen-bond acceptors (Lipinski definition) is 8. The Labute approximate surface area is 180 Å². The molecule has 1 aromatic heterocycles. The highest BCUT2D eigenvalue weighted by atomic mass is 35.5. The van der Waals surface area contributed by atoms with Crippen molar-refractivity contribution in [1.29, 1.82) is 0 Å². The number of rotatable bonds is 7. The molecule has 2 amide bonds. The number of hydrogen-bond donors (Lipinski definition) is 3. The molecule has 0 unspecified atom stereocenters. The topological polar surface area (TPSA) is 126 Å². The lowest BCUT2D eigenvalue weighted by molar-refractivity contribution is -0.120. The van der Waals surface area contributed by atoms with Crippen LogP contribution >= 0.6 is 22.9 Å². The molecule has 3 N–H and O–H groups in total. The molecule has 0 saturated heterocycles. The fourth-order valence-electron chi connectivity index (χ4n) is 2.28. The standard InChI is InChI=1S/C19H16ClN5O4S/c1-29-15-8-11(2-7-14(15)26)10-21-23-16(27)9-17-24-25-19(30-17)22-18(28)12-3-5-13(20)6-4-12/h2-8,10,26H,9H2,1H3,(H,23,27)(H,22,25,28)/b21-10-. The third-order valence-electron chi connectivity index (χ3n) is 3.71. The fraction of sp³-hybridized carbons (Fsp3) is 0.105. The zero-order chi connectivity index (χ0) is 21.5. The van der Waals surface area contributed by atoms with Gasteiger partial charge in [-0.05, 0) is 48.0 Å². The van der Waals surface area contributed by atoms with Gasteiger partial charge >= 0.3 is 0 Å². The summed E-state index contributed by atoms with van der Waals surface area (Å²) in [6, 6.07) is 11.1. The third-order valence-corrected chi connectivity index (χ3v) is 4.80. The number of phenolic OH excluding ortho intramolecular Hbond substituents is 1. The van der Waals surface area contributed by atoms with Crippen LogP contribution in [0.1, 0.15) is 20.9 Å². The van der Waals surface area contributed by atoms with Crippen molar-refractivity contribution >= 4 is 46.1 Å². The summed E-state index contributed by atoms with van der Waals surface area (Å²) in [6.07, 6.45) is 1.36. The van der Waals surface area contributed by atoms with Gasteiger partial charge in [-0.1, -0.05) is 22.9 Å². The maximum atomic E-state index is 12.2. The summed E-state index contributed by atoms with van der Waals surface area (Å²) in [7, 11) is 1.44. The van der Waals surface area contributed by atoms with E-state index in [1.807, 2.05) is 0 Å². The van der Waals surface area contributed by atoms with Crippen LogP contribution in [0.25, 0.3) is 0 Å². The largest absolute Gasteiger partial charge is 0.504 e. The molecule has 9 nitrogen and oxygen atoms in total. The fourth-order valence-corrected chi connectivity index (χ4v) is 3.14. The lowest BCUT2D eigenvalue weighted by atomic mass is 10.2. The maximum Gasteiger partial charge on any atom is 0.257 e. The third kappa shape index (κ3) is 5.75. The molecular weight excluding hydrogens is 430 g/mol. The molecule has 1 heterocycles. The number of anilines is 1. The van der Waals surface area contributed by atoms with Crippen LogP contribution in [0.4, 0.5) is 5.13 Å². The van der Waals surface area contributed by atoms with E-state index in [1.165, 1.54) is 19.4 Å². The number of aromatic hydroxyl groups is 1. The first kappa shape index (κ1) is 21.2. The number of halogens is 1. The molecule has 0 aliphatic heterocycles. The van der Waals surface area contributed by atoms with Gasteiger partial charge in [-0.25, -0.2) is 5.43 Å². The van der Waals surface area contributed by atoms with Gasteiger partial charge in [-0.3, -0.25) is 14.9 Å². The normalized spacial score (nSPS) is 10.7. The molecule has 0 aliphatic carbocycles. The van der Waals surface area contributed by atoms with Crippen molar-refractivity contribution < 1.29 is 19.4 Å². The number of aromatic nitrogens is 2. The van der Waals surface area contributed by atoms with Gasteiger partial charge in [-0.2, -0.15) is 5.10 Å². The van der Waals surface area contributed by atoms with Crippen LogP contribution in [-0.2, 0) is 11.2 Å². The monoisotopic (exact) mass is 445 g/mol. The predicted octanol–water partition coefficient (Wildman–Crippen LogP) is 2.85. The summed E-state index contributed by atoms with van der Waals surface area (Å²) in [6.45, 7) is 0. The van der Waals surface area contributed by atoms with Crippen LogP contribution in [0.2, 0.25) is 5.02 Å². The number of hydrazone groups is 1. The minimum atomic E-state index is -0.399. The average Bonchev–Trinajstić information content (AvgIpc) is 3.16. The van der Waals surface area contributed by atoms with Crippen molar-refractivity contribution in [3.05, 3.63) is 63.6 Å². The van der Waals surface area contributed by atoms with Gasteiger partial charge in [0.25, 0.3) is 5.91 Å². The van der Waals surface area contributed by atoms with E-state index < -0.39 is 5.91 Å². The van der Waals surface area contributed by atoms with E-state index in [0.717, 1.165) is 11.3 Å². The Hall–Kier alpha value is -3.50. The average molecular weight is 446 g/mol. The Bertz CT molecular complexity index is 1080. The minimum absolute atomic E-state index is 0.00825.